The van der Waals surface area contributed by atoms with Crippen LogP contribution in [-0.4, -0.2) is 61.9 Å². The number of amides is 1. The van der Waals surface area contributed by atoms with Gasteiger partial charge in [-0.15, -0.1) is 0 Å². The summed E-state index contributed by atoms with van der Waals surface area (Å²) < 4.78 is 32.5. The molecule has 1 aromatic rings. The highest BCUT2D eigenvalue weighted by molar-refractivity contribution is 7.89. The second-order valence-electron chi connectivity index (χ2n) is 7.65. The number of hydrogen-bond acceptors (Lipinski definition) is 4. The Morgan fingerprint density at radius 2 is 1.78 bits per heavy atom. The van der Waals surface area contributed by atoms with Crippen molar-refractivity contribution in [2.75, 3.05) is 26.2 Å². The molecule has 0 saturated carbocycles. The maximum Gasteiger partial charge on any atom is 0.243 e. The number of hydrogen-bond donors (Lipinski definition) is 0. The van der Waals surface area contributed by atoms with E-state index < -0.39 is 10.0 Å². The smallest absolute Gasteiger partial charge is 0.243 e. The Bertz CT molecular complexity index is 742. The number of piperidine rings is 1. The zero-order valence-corrected chi connectivity index (χ0v) is 17.1. The molecule has 0 unspecified atom stereocenters. The molecule has 0 bridgehead atoms. The number of rotatable bonds is 5. The summed E-state index contributed by atoms with van der Waals surface area (Å²) in [6.07, 6.45) is 4.07. The SMILES string of the molecule is C[C@@H]1CN(C(=O)CCc2ccc(S(=O)(=O)N3CCCCC3)cc2)[C@H](C)CO1. The van der Waals surface area contributed by atoms with Crippen LogP contribution in [0, 0.1) is 0 Å². The molecule has 150 valence electrons. The summed E-state index contributed by atoms with van der Waals surface area (Å²) in [5.74, 6) is 0.127. The molecule has 0 radical (unpaired) electrons. The first-order valence-electron chi connectivity index (χ1n) is 9.88. The standard InChI is InChI=1S/C20H30N2O4S/c1-16-15-26-17(2)14-22(16)20(23)11-8-18-6-9-19(10-7-18)27(24,25)21-12-4-3-5-13-21/h6-7,9-10,16-17H,3-5,8,11-15H2,1-2H3/t16-,17-/m1/s1. The Kier molecular flexibility index (Phi) is 6.55. The van der Waals surface area contributed by atoms with Crippen LogP contribution in [-0.2, 0) is 26.0 Å². The molecule has 2 saturated heterocycles. The largest absolute Gasteiger partial charge is 0.375 e. The molecule has 0 aliphatic carbocycles. The minimum absolute atomic E-state index is 0.0735. The van der Waals surface area contributed by atoms with E-state index in [0.29, 0.717) is 44.0 Å². The van der Waals surface area contributed by atoms with E-state index in [1.165, 1.54) is 0 Å². The van der Waals surface area contributed by atoms with Crippen molar-refractivity contribution in [2.45, 2.75) is 63.0 Å². The van der Waals surface area contributed by atoms with E-state index in [1.807, 2.05) is 30.9 Å². The van der Waals surface area contributed by atoms with Crippen LogP contribution >= 0.6 is 0 Å². The number of nitrogens with zero attached hydrogens (tertiary/aromatic N) is 2. The third kappa shape index (κ3) is 4.89. The van der Waals surface area contributed by atoms with Crippen molar-refractivity contribution in [3.8, 4) is 0 Å². The normalized spacial score (nSPS) is 24.7. The fraction of sp³-hybridized carbons (Fsp3) is 0.650. The topological polar surface area (TPSA) is 66.9 Å². The van der Waals surface area contributed by atoms with Gasteiger partial charge in [0.1, 0.15) is 0 Å². The van der Waals surface area contributed by atoms with E-state index in [1.54, 1.807) is 16.4 Å². The van der Waals surface area contributed by atoms with Crippen LogP contribution in [0.2, 0.25) is 0 Å². The molecule has 3 rings (SSSR count). The molecule has 0 aromatic heterocycles. The van der Waals surface area contributed by atoms with Gasteiger partial charge in [-0.3, -0.25) is 4.79 Å². The first kappa shape index (κ1) is 20.3. The number of carbonyl (C=O) groups excluding carboxylic acids is 1. The molecule has 2 heterocycles. The van der Waals surface area contributed by atoms with Gasteiger partial charge in [-0.05, 0) is 50.8 Å². The van der Waals surface area contributed by atoms with Crippen molar-refractivity contribution in [2.24, 2.45) is 0 Å². The first-order valence-corrected chi connectivity index (χ1v) is 11.3. The number of benzene rings is 1. The second-order valence-corrected chi connectivity index (χ2v) is 9.59. The van der Waals surface area contributed by atoms with Crippen LogP contribution in [0.15, 0.2) is 29.2 Å². The quantitative estimate of drug-likeness (QED) is 0.769. The molecule has 2 aliphatic heterocycles. The van der Waals surface area contributed by atoms with Gasteiger partial charge in [0.2, 0.25) is 15.9 Å². The Labute approximate surface area is 162 Å². The third-order valence-corrected chi connectivity index (χ3v) is 7.34. The van der Waals surface area contributed by atoms with Gasteiger partial charge < -0.3 is 9.64 Å². The maximum atomic E-state index is 12.7. The molecular formula is C20H30N2O4S. The number of morpholine rings is 1. The lowest BCUT2D eigenvalue weighted by atomic mass is 10.1. The van der Waals surface area contributed by atoms with Crippen LogP contribution < -0.4 is 0 Å². The molecule has 7 heteroatoms. The van der Waals surface area contributed by atoms with E-state index in [-0.39, 0.29) is 18.1 Å². The predicted octanol–water partition coefficient (Wildman–Crippen LogP) is 2.43. The molecule has 1 amide bonds. The average molecular weight is 395 g/mol. The molecule has 2 atom stereocenters. The highest BCUT2D eigenvalue weighted by atomic mass is 32.2. The van der Waals surface area contributed by atoms with Gasteiger partial charge in [0.25, 0.3) is 0 Å². The Balaban J connectivity index is 1.58. The lowest BCUT2D eigenvalue weighted by Crippen LogP contribution is -2.50. The van der Waals surface area contributed by atoms with Gasteiger partial charge in [-0.2, -0.15) is 4.31 Å². The van der Waals surface area contributed by atoms with E-state index in [0.717, 1.165) is 24.8 Å². The van der Waals surface area contributed by atoms with E-state index in [4.69, 9.17) is 4.74 Å². The summed E-state index contributed by atoms with van der Waals surface area (Å²) >= 11 is 0. The molecule has 1 aromatic carbocycles. The number of ether oxygens (including phenoxy) is 1. The van der Waals surface area contributed by atoms with Gasteiger partial charge >= 0.3 is 0 Å². The molecule has 2 aliphatic rings. The fourth-order valence-electron chi connectivity index (χ4n) is 3.73. The van der Waals surface area contributed by atoms with Gasteiger partial charge in [0.15, 0.2) is 0 Å². The molecular weight excluding hydrogens is 364 g/mol. The Morgan fingerprint density at radius 1 is 1.11 bits per heavy atom. The number of sulfonamides is 1. The second kappa shape index (κ2) is 8.71. The lowest BCUT2D eigenvalue weighted by molar-refractivity contribution is -0.143. The van der Waals surface area contributed by atoms with E-state index in [9.17, 15) is 13.2 Å². The van der Waals surface area contributed by atoms with Crippen LogP contribution in [0.5, 0.6) is 0 Å². The molecule has 0 N–H and O–H groups in total. The fourth-order valence-corrected chi connectivity index (χ4v) is 5.25. The molecule has 2 fully saturated rings. The van der Waals surface area contributed by atoms with E-state index in [2.05, 4.69) is 0 Å². The number of aryl methyl sites for hydroxylation is 1. The van der Waals surface area contributed by atoms with Crippen molar-refractivity contribution < 1.29 is 17.9 Å². The van der Waals surface area contributed by atoms with Gasteiger partial charge in [0.05, 0.1) is 23.6 Å². The number of carbonyl (C=O) groups is 1. The maximum absolute atomic E-state index is 12.7. The van der Waals surface area contributed by atoms with Crippen molar-refractivity contribution in [1.82, 2.24) is 9.21 Å². The van der Waals surface area contributed by atoms with Crippen LogP contribution in [0.25, 0.3) is 0 Å². The van der Waals surface area contributed by atoms with Gasteiger partial charge in [-0.25, -0.2) is 8.42 Å². The van der Waals surface area contributed by atoms with Crippen molar-refractivity contribution >= 4 is 15.9 Å². The average Bonchev–Trinajstić information content (AvgIpc) is 2.69. The van der Waals surface area contributed by atoms with E-state index >= 15 is 0 Å². The van der Waals surface area contributed by atoms with Crippen molar-refractivity contribution in [3.05, 3.63) is 29.8 Å². The summed E-state index contributed by atoms with van der Waals surface area (Å²) in [5, 5.41) is 0. The molecule has 6 nitrogen and oxygen atoms in total. The highest BCUT2D eigenvalue weighted by Crippen LogP contribution is 2.21. The van der Waals surface area contributed by atoms with Gasteiger partial charge in [0, 0.05) is 26.1 Å². The third-order valence-electron chi connectivity index (χ3n) is 5.43. The van der Waals surface area contributed by atoms with Gasteiger partial charge in [-0.1, -0.05) is 18.6 Å². The zero-order valence-electron chi connectivity index (χ0n) is 16.3. The molecule has 0 spiro atoms. The Hall–Kier alpha value is -1.44. The minimum atomic E-state index is -3.40. The molecule has 27 heavy (non-hydrogen) atoms. The van der Waals surface area contributed by atoms with Crippen LogP contribution in [0.4, 0.5) is 0 Å². The summed E-state index contributed by atoms with van der Waals surface area (Å²) in [6, 6.07) is 7.10. The van der Waals surface area contributed by atoms with Crippen LogP contribution in [0.1, 0.15) is 45.1 Å². The minimum Gasteiger partial charge on any atom is -0.375 e. The monoisotopic (exact) mass is 394 g/mol. The summed E-state index contributed by atoms with van der Waals surface area (Å²) in [4.78, 5) is 14.8. The summed E-state index contributed by atoms with van der Waals surface area (Å²) in [5.41, 5.74) is 0.981. The van der Waals surface area contributed by atoms with Crippen LogP contribution in [0.3, 0.4) is 0 Å². The highest BCUT2D eigenvalue weighted by Gasteiger charge is 2.28. The summed E-state index contributed by atoms with van der Waals surface area (Å²) in [7, 11) is -3.40. The van der Waals surface area contributed by atoms with Crippen molar-refractivity contribution in [3.63, 3.8) is 0 Å². The first-order chi connectivity index (χ1) is 12.9. The Morgan fingerprint density at radius 3 is 2.44 bits per heavy atom. The lowest BCUT2D eigenvalue weighted by Gasteiger charge is -2.37. The van der Waals surface area contributed by atoms with Crippen molar-refractivity contribution in [1.29, 1.82) is 0 Å². The summed E-state index contributed by atoms with van der Waals surface area (Å²) in [6.45, 7) is 6.41. The zero-order chi connectivity index (χ0) is 19.4. The predicted molar refractivity (Wildman–Crippen MR) is 104 cm³/mol.